The van der Waals surface area contributed by atoms with Gasteiger partial charge in [-0.15, -0.1) is 0 Å². The number of halogens is 3. The van der Waals surface area contributed by atoms with Crippen LogP contribution in [-0.2, 0) is 0 Å². The third-order valence-electron chi connectivity index (χ3n) is 0.780. The maximum atomic E-state index is 8.83. The molecule has 0 aliphatic rings. The molecule has 0 aliphatic heterocycles. The van der Waals surface area contributed by atoms with E-state index in [1.165, 1.54) is 0 Å². The highest BCUT2D eigenvalue weighted by Gasteiger charge is 2.29. The molecule has 0 spiro atoms. The van der Waals surface area contributed by atoms with Gasteiger partial charge in [0, 0.05) is 13.0 Å². The first-order chi connectivity index (χ1) is 3.98. The van der Waals surface area contributed by atoms with Crippen molar-refractivity contribution < 1.29 is 10.2 Å². The fraction of sp³-hybridized carbons (Fsp3) is 1.00. The molecular formula is C4H7Cl3O2. The lowest BCUT2D eigenvalue weighted by atomic mass is 10.3. The second-order valence-corrected chi connectivity index (χ2v) is 3.94. The molecule has 5 heteroatoms. The van der Waals surface area contributed by atoms with E-state index in [9.17, 15) is 0 Å². The van der Waals surface area contributed by atoms with E-state index in [1.807, 2.05) is 0 Å². The Hall–Kier alpha value is 0.790. The number of hydrogen-bond donors (Lipinski definition) is 2. The van der Waals surface area contributed by atoms with Gasteiger partial charge in [-0.25, -0.2) is 0 Å². The summed E-state index contributed by atoms with van der Waals surface area (Å²) in [5.41, 5.74) is 0. The second-order valence-electron chi connectivity index (χ2n) is 1.57. The van der Waals surface area contributed by atoms with E-state index < -0.39 is 9.90 Å². The highest BCUT2D eigenvalue weighted by atomic mass is 35.6. The molecule has 2 nitrogen and oxygen atoms in total. The second kappa shape index (κ2) is 3.84. The first-order valence-electron chi connectivity index (χ1n) is 2.34. The number of hydrogen-bond acceptors (Lipinski definition) is 2. The van der Waals surface area contributed by atoms with Gasteiger partial charge in [0.05, 0.1) is 0 Å². The summed E-state index contributed by atoms with van der Waals surface area (Å²) in [6, 6.07) is 0. The van der Waals surface area contributed by atoms with Gasteiger partial charge >= 0.3 is 0 Å². The summed E-state index contributed by atoms with van der Waals surface area (Å²) in [5, 5.41) is 17.1. The quantitative estimate of drug-likeness (QED) is 0.645. The molecule has 0 amide bonds. The average Bonchev–Trinajstić information content (AvgIpc) is 1.64. The van der Waals surface area contributed by atoms with Crippen molar-refractivity contribution in [3.63, 3.8) is 0 Å². The summed E-state index contributed by atoms with van der Waals surface area (Å²) >= 11 is 15.7. The zero-order valence-electron chi connectivity index (χ0n) is 4.52. The summed E-state index contributed by atoms with van der Waals surface area (Å²) in [4.78, 5) is 0. The van der Waals surface area contributed by atoms with Crippen LogP contribution in [0.15, 0.2) is 0 Å². The van der Waals surface area contributed by atoms with Crippen molar-refractivity contribution >= 4 is 34.8 Å². The molecule has 0 saturated carbocycles. The van der Waals surface area contributed by atoms with E-state index in [2.05, 4.69) is 0 Å². The van der Waals surface area contributed by atoms with E-state index >= 15 is 0 Å². The Morgan fingerprint density at radius 3 is 1.89 bits per heavy atom. The Bertz CT molecular complexity index is 80.4. The van der Waals surface area contributed by atoms with Crippen LogP contribution in [0.4, 0.5) is 0 Å². The van der Waals surface area contributed by atoms with E-state index in [-0.39, 0.29) is 13.0 Å². The van der Waals surface area contributed by atoms with Crippen LogP contribution in [-0.4, -0.2) is 26.7 Å². The van der Waals surface area contributed by atoms with Crippen molar-refractivity contribution in [2.24, 2.45) is 0 Å². The SMILES string of the molecule is OCC[C@@H](O)C(Cl)(Cl)Cl. The molecule has 0 aliphatic carbocycles. The minimum absolute atomic E-state index is 0.0799. The van der Waals surface area contributed by atoms with Crippen LogP contribution < -0.4 is 0 Å². The highest BCUT2D eigenvalue weighted by Crippen LogP contribution is 2.31. The van der Waals surface area contributed by atoms with E-state index in [4.69, 9.17) is 45.0 Å². The van der Waals surface area contributed by atoms with Gasteiger partial charge in [-0.05, 0) is 0 Å². The molecule has 0 unspecified atom stereocenters. The minimum Gasteiger partial charge on any atom is -0.396 e. The van der Waals surface area contributed by atoms with Gasteiger partial charge in [0.15, 0.2) is 0 Å². The molecule has 1 atom stereocenters. The molecule has 0 bridgehead atoms. The van der Waals surface area contributed by atoms with Crippen molar-refractivity contribution in [2.75, 3.05) is 6.61 Å². The van der Waals surface area contributed by atoms with Crippen LogP contribution in [0, 0.1) is 0 Å². The zero-order chi connectivity index (χ0) is 7.49. The monoisotopic (exact) mass is 192 g/mol. The van der Waals surface area contributed by atoms with E-state index in [0.717, 1.165) is 0 Å². The lowest BCUT2D eigenvalue weighted by molar-refractivity contribution is 0.136. The largest absolute Gasteiger partial charge is 0.396 e. The predicted octanol–water partition coefficient (Wildman–Crippen LogP) is 1.10. The van der Waals surface area contributed by atoms with Gasteiger partial charge < -0.3 is 10.2 Å². The topological polar surface area (TPSA) is 40.5 Å². The summed E-state index contributed by atoms with van der Waals surface area (Å²) in [7, 11) is 0. The van der Waals surface area contributed by atoms with Crippen molar-refractivity contribution in [3.05, 3.63) is 0 Å². The van der Waals surface area contributed by atoms with Crippen LogP contribution >= 0.6 is 34.8 Å². The van der Waals surface area contributed by atoms with Crippen LogP contribution in [0.25, 0.3) is 0 Å². The molecule has 0 rings (SSSR count). The molecule has 0 radical (unpaired) electrons. The minimum atomic E-state index is -1.68. The molecule has 0 aromatic rings. The smallest absolute Gasteiger partial charge is 0.216 e. The van der Waals surface area contributed by atoms with Gasteiger partial charge in [0.2, 0.25) is 3.79 Å². The summed E-state index contributed by atoms with van der Waals surface area (Å²) in [5.74, 6) is 0. The molecular weight excluding hydrogens is 186 g/mol. The summed E-state index contributed by atoms with van der Waals surface area (Å²) < 4.78 is -1.68. The first-order valence-corrected chi connectivity index (χ1v) is 3.47. The Labute approximate surface area is 68.3 Å². The summed E-state index contributed by atoms with van der Waals surface area (Å²) in [6.45, 7) is -0.185. The van der Waals surface area contributed by atoms with Crippen LogP contribution in [0.5, 0.6) is 0 Å². The molecule has 0 saturated heterocycles. The van der Waals surface area contributed by atoms with Crippen molar-refractivity contribution in [2.45, 2.75) is 16.3 Å². The zero-order valence-corrected chi connectivity index (χ0v) is 6.79. The van der Waals surface area contributed by atoms with Gasteiger partial charge in [-0.2, -0.15) is 0 Å². The first kappa shape index (κ1) is 9.79. The number of aliphatic hydroxyl groups excluding tert-OH is 2. The van der Waals surface area contributed by atoms with Gasteiger partial charge in [-0.3, -0.25) is 0 Å². The third-order valence-corrected chi connectivity index (χ3v) is 1.54. The van der Waals surface area contributed by atoms with Crippen LogP contribution in [0.2, 0.25) is 0 Å². The van der Waals surface area contributed by atoms with Gasteiger partial charge in [0.25, 0.3) is 0 Å². The highest BCUT2D eigenvalue weighted by molar-refractivity contribution is 6.68. The van der Waals surface area contributed by atoms with Gasteiger partial charge in [-0.1, -0.05) is 34.8 Å². The Morgan fingerprint density at radius 1 is 1.33 bits per heavy atom. The Kier molecular flexibility index (Phi) is 4.17. The molecule has 0 heterocycles. The normalized spacial score (nSPS) is 15.7. The van der Waals surface area contributed by atoms with Crippen molar-refractivity contribution in [1.29, 1.82) is 0 Å². The van der Waals surface area contributed by atoms with Crippen molar-refractivity contribution in [1.82, 2.24) is 0 Å². The summed E-state index contributed by atoms with van der Waals surface area (Å²) in [6.07, 6.45) is -1.01. The molecule has 2 N–H and O–H groups in total. The fourth-order valence-electron chi connectivity index (χ4n) is 0.286. The standard InChI is InChI=1S/C4H7Cl3O2/c5-4(6,7)3(9)1-2-8/h3,8-9H,1-2H2/t3-/m1/s1. The number of aliphatic hydroxyl groups is 2. The Balaban J connectivity index is 3.59. The lowest BCUT2D eigenvalue weighted by Gasteiger charge is -2.16. The molecule has 0 fully saturated rings. The molecule has 56 valence electrons. The van der Waals surface area contributed by atoms with Crippen molar-refractivity contribution in [3.8, 4) is 0 Å². The Morgan fingerprint density at radius 2 is 1.78 bits per heavy atom. The molecule has 9 heavy (non-hydrogen) atoms. The maximum absolute atomic E-state index is 8.83. The third kappa shape index (κ3) is 4.23. The molecule has 0 aromatic heterocycles. The lowest BCUT2D eigenvalue weighted by Crippen LogP contribution is -2.25. The van der Waals surface area contributed by atoms with E-state index in [1.54, 1.807) is 0 Å². The fourth-order valence-corrected chi connectivity index (χ4v) is 0.613. The van der Waals surface area contributed by atoms with Crippen LogP contribution in [0.3, 0.4) is 0 Å². The predicted molar refractivity (Wildman–Crippen MR) is 38.0 cm³/mol. The number of alkyl halides is 3. The van der Waals surface area contributed by atoms with Crippen LogP contribution in [0.1, 0.15) is 6.42 Å². The van der Waals surface area contributed by atoms with Gasteiger partial charge in [0.1, 0.15) is 6.10 Å². The molecule has 0 aromatic carbocycles. The average molecular weight is 193 g/mol. The van der Waals surface area contributed by atoms with E-state index in [0.29, 0.717) is 0 Å². The number of rotatable bonds is 2. The maximum Gasteiger partial charge on any atom is 0.216 e.